The zero-order valence-electron chi connectivity index (χ0n) is 11.5. The van der Waals surface area contributed by atoms with Crippen molar-refractivity contribution in [3.8, 4) is 0 Å². The summed E-state index contributed by atoms with van der Waals surface area (Å²) in [6, 6.07) is 0.599. The number of nitrogens with one attached hydrogen (secondary N) is 1. The van der Waals surface area contributed by atoms with Crippen molar-refractivity contribution in [2.75, 3.05) is 26.8 Å². The largest absolute Gasteiger partial charge is 0.383 e. The quantitative estimate of drug-likeness (QED) is 0.762. The van der Waals surface area contributed by atoms with Crippen LogP contribution in [0.4, 0.5) is 0 Å². The van der Waals surface area contributed by atoms with Gasteiger partial charge >= 0.3 is 0 Å². The summed E-state index contributed by atoms with van der Waals surface area (Å²) in [6.07, 6.45) is 1.95. The maximum absolute atomic E-state index is 12.5. The standard InChI is InChI=1S/C13H26N2O2/c1-5-10(2)15(8-9-17-4)13(16)12-6-7-14-11(12)3/h10-12,14H,5-9H2,1-4H3. The highest BCUT2D eigenvalue weighted by Gasteiger charge is 2.33. The third kappa shape index (κ3) is 3.68. The zero-order chi connectivity index (χ0) is 12.8. The summed E-state index contributed by atoms with van der Waals surface area (Å²) in [5.41, 5.74) is 0. The van der Waals surface area contributed by atoms with Crippen molar-refractivity contribution in [1.29, 1.82) is 0 Å². The molecule has 17 heavy (non-hydrogen) atoms. The number of ether oxygens (including phenoxy) is 1. The Labute approximate surface area is 105 Å². The van der Waals surface area contributed by atoms with Gasteiger partial charge in [0.15, 0.2) is 0 Å². The summed E-state index contributed by atoms with van der Waals surface area (Å²) < 4.78 is 5.10. The first-order valence-corrected chi connectivity index (χ1v) is 6.64. The lowest BCUT2D eigenvalue weighted by Gasteiger charge is -2.31. The van der Waals surface area contributed by atoms with Gasteiger partial charge in [0.25, 0.3) is 0 Å². The lowest BCUT2D eigenvalue weighted by molar-refractivity contribution is -0.138. The Morgan fingerprint density at radius 1 is 1.59 bits per heavy atom. The number of rotatable bonds is 6. The Hall–Kier alpha value is -0.610. The molecule has 3 atom stereocenters. The number of carbonyl (C=O) groups is 1. The van der Waals surface area contributed by atoms with E-state index < -0.39 is 0 Å². The normalized spacial score (nSPS) is 25.9. The van der Waals surface area contributed by atoms with E-state index in [0.717, 1.165) is 19.4 Å². The van der Waals surface area contributed by atoms with E-state index in [2.05, 4.69) is 26.1 Å². The van der Waals surface area contributed by atoms with Gasteiger partial charge in [-0.1, -0.05) is 6.92 Å². The van der Waals surface area contributed by atoms with Gasteiger partial charge in [0.1, 0.15) is 0 Å². The molecule has 0 saturated carbocycles. The van der Waals surface area contributed by atoms with Crippen molar-refractivity contribution in [2.45, 2.75) is 45.7 Å². The highest BCUT2D eigenvalue weighted by molar-refractivity contribution is 5.80. The number of carbonyl (C=O) groups excluding carboxylic acids is 1. The van der Waals surface area contributed by atoms with Crippen molar-refractivity contribution in [3.63, 3.8) is 0 Å². The predicted octanol–water partition coefficient (Wildman–Crippen LogP) is 1.26. The molecular weight excluding hydrogens is 216 g/mol. The molecule has 0 radical (unpaired) electrons. The van der Waals surface area contributed by atoms with Crippen LogP contribution in [0.15, 0.2) is 0 Å². The second-order valence-corrected chi connectivity index (χ2v) is 4.92. The topological polar surface area (TPSA) is 41.6 Å². The second kappa shape index (κ2) is 6.97. The van der Waals surface area contributed by atoms with Crippen LogP contribution in [0, 0.1) is 5.92 Å². The minimum Gasteiger partial charge on any atom is -0.383 e. The predicted molar refractivity (Wildman–Crippen MR) is 68.9 cm³/mol. The Morgan fingerprint density at radius 3 is 2.76 bits per heavy atom. The molecule has 0 aliphatic carbocycles. The van der Waals surface area contributed by atoms with Gasteiger partial charge in [0, 0.05) is 25.7 Å². The summed E-state index contributed by atoms with van der Waals surface area (Å²) >= 11 is 0. The van der Waals surface area contributed by atoms with E-state index in [1.54, 1.807) is 7.11 Å². The van der Waals surface area contributed by atoms with Crippen LogP contribution in [0.3, 0.4) is 0 Å². The van der Waals surface area contributed by atoms with Crippen LogP contribution < -0.4 is 5.32 Å². The van der Waals surface area contributed by atoms with Crippen molar-refractivity contribution >= 4 is 5.91 Å². The van der Waals surface area contributed by atoms with Gasteiger partial charge < -0.3 is 15.0 Å². The van der Waals surface area contributed by atoms with E-state index in [1.165, 1.54) is 0 Å². The fourth-order valence-electron chi connectivity index (χ4n) is 2.37. The van der Waals surface area contributed by atoms with Crippen LogP contribution in [-0.4, -0.2) is 49.7 Å². The van der Waals surface area contributed by atoms with Crippen molar-refractivity contribution in [2.24, 2.45) is 5.92 Å². The molecule has 1 heterocycles. The fraction of sp³-hybridized carbons (Fsp3) is 0.923. The molecule has 1 fully saturated rings. The Balaban J connectivity index is 2.64. The smallest absolute Gasteiger partial charge is 0.227 e. The second-order valence-electron chi connectivity index (χ2n) is 4.92. The van der Waals surface area contributed by atoms with E-state index >= 15 is 0 Å². The number of hydrogen-bond acceptors (Lipinski definition) is 3. The van der Waals surface area contributed by atoms with Gasteiger partial charge in [0.2, 0.25) is 5.91 Å². The highest BCUT2D eigenvalue weighted by Crippen LogP contribution is 2.20. The third-order valence-corrected chi connectivity index (χ3v) is 3.78. The molecule has 4 nitrogen and oxygen atoms in total. The molecule has 0 aromatic rings. The summed E-state index contributed by atoms with van der Waals surface area (Å²) in [7, 11) is 1.68. The van der Waals surface area contributed by atoms with E-state index in [9.17, 15) is 4.79 Å². The molecule has 1 N–H and O–H groups in total. The lowest BCUT2D eigenvalue weighted by atomic mass is 9.99. The highest BCUT2D eigenvalue weighted by atomic mass is 16.5. The van der Waals surface area contributed by atoms with Gasteiger partial charge in [-0.3, -0.25) is 4.79 Å². The summed E-state index contributed by atoms with van der Waals surface area (Å²) in [5.74, 6) is 0.426. The molecule has 100 valence electrons. The van der Waals surface area contributed by atoms with E-state index in [0.29, 0.717) is 25.2 Å². The molecule has 1 aliphatic heterocycles. The minimum absolute atomic E-state index is 0.140. The molecule has 4 heteroatoms. The molecule has 3 unspecified atom stereocenters. The van der Waals surface area contributed by atoms with Crippen molar-refractivity contribution in [3.05, 3.63) is 0 Å². The maximum Gasteiger partial charge on any atom is 0.227 e. The van der Waals surface area contributed by atoms with Crippen molar-refractivity contribution in [1.82, 2.24) is 10.2 Å². The molecule has 1 saturated heterocycles. The number of hydrogen-bond donors (Lipinski definition) is 1. The molecule has 0 aromatic carbocycles. The first kappa shape index (κ1) is 14.5. The van der Waals surface area contributed by atoms with E-state index in [4.69, 9.17) is 4.74 Å². The van der Waals surface area contributed by atoms with Crippen LogP contribution in [0.2, 0.25) is 0 Å². The van der Waals surface area contributed by atoms with Crippen LogP contribution in [0.1, 0.15) is 33.6 Å². The van der Waals surface area contributed by atoms with E-state index in [-0.39, 0.29) is 11.8 Å². The molecule has 0 bridgehead atoms. The average Bonchev–Trinajstić information content (AvgIpc) is 2.75. The molecular formula is C13H26N2O2. The first-order valence-electron chi connectivity index (χ1n) is 6.64. The SMILES string of the molecule is CCC(C)N(CCOC)C(=O)C1CCNC1C. The summed E-state index contributed by atoms with van der Waals surface area (Å²) in [4.78, 5) is 14.5. The van der Waals surface area contributed by atoms with Gasteiger partial charge in [-0.05, 0) is 33.2 Å². The monoisotopic (exact) mass is 242 g/mol. The van der Waals surface area contributed by atoms with Gasteiger partial charge in [-0.25, -0.2) is 0 Å². The number of amides is 1. The summed E-state index contributed by atoms with van der Waals surface area (Å²) in [5, 5.41) is 3.34. The first-order chi connectivity index (χ1) is 8.11. The number of methoxy groups -OCH3 is 1. The Bertz CT molecular complexity index is 246. The van der Waals surface area contributed by atoms with Crippen LogP contribution in [0.5, 0.6) is 0 Å². The average molecular weight is 242 g/mol. The van der Waals surface area contributed by atoms with Crippen LogP contribution in [-0.2, 0) is 9.53 Å². The van der Waals surface area contributed by atoms with Crippen LogP contribution >= 0.6 is 0 Å². The molecule has 1 amide bonds. The summed E-state index contributed by atoms with van der Waals surface area (Å²) in [6.45, 7) is 8.60. The maximum atomic E-state index is 12.5. The number of nitrogens with zero attached hydrogens (tertiary/aromatic N) is 1. The third-order valence-electron chi connectivity index (χ3n) is 3.78. The molecule has 1 aliphatic rings. The van der Waals surface area contributed by atoms with Gasteiger partial charge in [-0.15, -0.1) is 0 Å². The van der Waals surface area contributed by atoms with Crippen LogP contribution in [0.25, 0.3) is 0 Å². The minimum atomic E-state index is 0.140. The lowest BCUT2D eigenvalue weighted by Crippen LogP contribution is -2.46. The van der Waals surface area contributed by atoms with Gasteiger partial charge in [-0.2, -0.15) is 0 Å². The van der Waals surface area contributed by atoms with Crippen molar-refractivity contribution < 1.29 is 9.53 Å². The molecule has 0 spiro atoms. The van der Waals surface area contributed by atoms with E-state index in [1.807, 2.05) is 4.90 Å². The van der Waals surface area contributed by atoms with Gasteiger partial charge in [0.05, 0.1) is 12.5 Å². The Morgan fingerprint density at radius 2 is 2.29 bits per heavy atom. The zero-order valence-corrected chi connectivity index (χ0v) is 11.5. The fourth-order valence-corrected chi connectivity index (χ4v) is 2.37. The molecule has 1 rings (SSSR count). The molecule has 0 aromatic heterocycles. The Kier molecular flexibility index (Phi) is 5.92.